The SMILES string of the molecule is Cc1cccn2cc(-c3cccc(NC(=O)[C@@H]4CCCC[C@@H]4C(=O)O)c3)nc12. The molecular formula is C22H23N3O3. The van der Waals surface area contributed by atoms with Gasteiger partial charge in [-0.05, 0) is 43.5 Å². The van der Waals surface area contributed by atoms with Gasteiger partial charge in [-0.3, -0.25) is 9.59 Å². The minimum Gasteiger partial charge on any atom is -0.481 e. The number of aromatic nitrogens is 2. The van der Waals surface area contributed by atoms with E-state index in [9.17, 15) is 14.7 Å². The van der Waals surface area contributed by atoms with Crippen molar-refractivity contribution in [1.29, 1.82) is 0 Å². The molecule has 0 aliphatic heterocycles. The maximum absolute atomic E-state index is 12.7. The highest BCUT2D eigenvalue weighted by Crippen LogP contribution is 2.32. The summed E-state index contributed by atoms with van der Waals surface area (Å²) in [4.78, 5) is 28.9. The van der Waals surface area contributed by atoms with E-state index in [0.29, 0.717) is 18.5 Å². The van der Waals surface area contributed by atoms with Gasteiger partial charge in [0.2, 0.25) is 5.91 Å². The number of rotatable bonds is 4. The number of carboxylic acid groups (broad SMARTS) is 1. The van der Waals surface area contributed by atoms with Crippen LogP contribution in [-0.4, -0.2) is 26.4 Å². The van der Waals surface area contributed by atoms with E-state index in [4.69, 9.17) is 4.98 Å². The number of anilines is 1. The number of nitrogens with zero attached hydrogens (tertiary/aromatic N) is 2. The molecule has 1 saturated carbocycles. The van der Waals surface area contributed by atoms with Crippen LogP contribution in [0.4, 0.5) is 5.69 Å². The van der Waals surface area contributed by atoms with Crippen LogP contribution in [0.1, 0.15) is 31.2 Å². The molecule has 0 bridgehead atoms. The van der Waals surface area contributed by atoms with Crippen molar-refractivity contribution in [3.05, 3.63) is 54.4 Å². The van der Waals surface area contributed by atoms with Crippen molar-refractivity contribution in [2.45, 2.75) is 32.6 Å². The number of carbonyl (C=O) groups excluding carboxylic acids is 1. The first-order valence-electron chi connectivity index (χ1n) is 9.61. The molecule has 2 N–H and O–H groups in total. The summed E-state index contributed by atoms with van der Waals surface area (Å²) in [5, 5.41) is 12.3. The van der Waals surface area contributed by atoms with Gasteiger partial charge in [0.1, 0.15) is 5.65 Å². The molecule has 0 spiro atoms. The Morgan fingerprint density at radius 1 is 1.14 bits per heavy atom. The third kappa shape index (κ3) is 3.50. The van der Waals surface area contributed by atoms with Crippen LogP contribution in [0.25, 0.3) is 16.9 Å². The number of nitrogens with one attached hydrogen (secondary N) is 1. The van der Waals surface area contributed by atoms with Crippen LogP contribution in [0.5, 0.6) is 0 Å². The molecule has 2 aromatic heterocycles. The lowest BCUT2D eigenvalue weighted by molar-refractivity contribution is -0.147. The lowest BCUT2D eigenvalue weighted by Crippen LogP contribution is -2.36. The summed E-state index contributed by atoms with van der Waals surface area (Å²) in [6.07, 6.45) is 6.86. The molecule has 4 rings (SSSR count). The van der Waals surface area contributed by atoms with Gasteiger partial charge in [0.15, 0.2) is 0 Å². The van der Waals surface area contributed by atoms with Crippen molar-refractivity contribution in [3.63, 3.8) is 0 Å². The predicted molar refractivity (Wildman–Crippen MR) is 107 cm³/mol. The molecule has 1 fully saturated rings. The highest BCUT2D eigenvalue weighted by molar-refractivity contribution is 5.95. The minimum atomic E-state index is -0.881. The van der Waals surface area contributed by atoms with Crippen LogP contribution in [0.2, 0.25) is 0 Å². The van der Waals surface area contributed by atoms with E-state index in [1.54, 1.807) is 0 Å². The minimum absolute atomic E-state index is 0.213. The molecule has 1 aromatic carbocycles. The average molecular weight is 377 g/mol. The largest absolute Gasteiger partial charge is 0.481 e. The first-order chi connectivity index (χ1) is 13.5. The van der Waals surface area contributed by atoms with E-state index >= 15 is 0 Å². The molecular weight excluding hydrogens is 354 g/mol. The van der Waals surface area contributed by atoms with E-state index < -0.39 is 17.8 Å². The van der Waals surface area contributed by atoms with Crippen molar-refractivity contribution >= 4 is 23.2 Å². The number of hydrogen-bond acceptors (Lipinski definition) is 3. The number of aliphatic carboxylic acids is 1. The monoisotopic (exact) mass is 377 g/mol. The second kappa shape index (κ2) is 7.46. The molecule has 0 unspecified atom stereocenters. The Balaban J connectivity index is 1.57. The predicted octanol–water partition coefficient (Wildman–Crippen LogP) is 4.14. The molecule has 6 heteroatoms. The van der Waals surface area contributed by atoms with Crippen LogP contribution in [0.15, 0.2) is 48.8 Å². The summed E-state index contributed by atoms with van der Waals surface area (Å²) >= 11 is 0. The Kier molecular flexibility index (Phi) is 4.86. The molecule has 6 nitrogen and oxygen atoms in total. The zero-order chi connectivity index (χ0) is 19.7. The molecule has 1 aliphatic rings. The maximum Gasteiger partial charge on any atom is 0.307 e. The number of benzene rings is 1. The average Bonchev–Trinajstić information content (AvgIpc) is 3.14. The van der Waals surface area contributed by atoms with Crippen LogP contribution in [-0.2, 0) is 9.59 Å². The van der Waals surface area contributed by atoms with Crippen LogP contribution in [0, 0.1) is 18.8 Å². The van der Waals surface area contributed by atoms with Gasteiger partial charge in [0.05, 0.1) is 17.5 Å². The summed E-state index contributed by atoms with van der Waals surface area (Å²) in [5.74, 6) is -2.17. The summed E-state index contributed by atoms with van der Waals surface area (Å²) in [6, 6.07) is 11.5. The fourth-order valence-electron chi connectivity index (χ4n) is 4.02. The number of imidazole rings is 1. The Labute approximate surface area is 163 Å². The van der Waals surface area contributed by atoms with Gasteiger partial charge in [0.25, 0.3) is 0 Å². The molecule has 3 aromatic rings. The van der Waals surface area contributed by atoms with E-state index in [0.717, 1.165) is 35.3 Å². The van der Waals surface area contributed by atoms with E-state index in [2.05, 4.69) is 5.32 Å². The number of pyridine rings is 1. The molecule has 1 aliphatic carbocycles. The van der Waals surface area contributed by atoms with E-state index in [1.165, 1.54) is 0 Å². The zero-order valence-corrected chi connectivity index (χ0v) is 15.8. The van der Waals surface area contributed by atoms with Crippen molar-refractivity contribution < 1.29 is 14.7 Å². The normalized spacial score (nSPS) is 19.5. The highest BCUT2D eigenvalue weighted by atomic mass is 16.4. The van der Waals surface area contributed by atoms with Crippen LogP contribution < -0.4 is 5.32 Å². The first kappa shape index (κ1) is 18.2. The smallest absolute Gasteiger partial charge is 0.307 e. The maximum atomic E-state index is 12.7. The molecule has 28 heavy (non-hydrogen) atoms. The number of aryl methyl sites for hydroxylation is 1. The second-order valence-electron chi connectivity index (χ2n) is 7.45. The topological polar surface area (TPSA) is 83.7 Å². The van der Waals surface area contributed by atoms with Crippen molar-refractivity contribution in [3.8, 4) is 11.3 Å². The second-order valence-corrected chi connectivity index (χ2v) is 7.45. The number of carboxylic acids is 1. The van der Waals surface area contributed by atoms with Crippen molar-refractivity contribution in [1.82, 2.24) is 9.38 Å². The Morgan fingerprint density at radius 3 is 2.68 bits per heavy atom. The molecule has 0 saturated heterocycles. The van der Waals surface area contributed by atoms with Crippen LogP contribution in [0.3, 0.4) is 0 Å². The number of carbonyl (C=O) groups is 2. The zero-order valence-electron chi connectivity index (χ0n) is 15.8. The van der Waals surface area contributed by atoms with Crippen molar-refractivity contribution in [2.75, 3.05) is 5.32 Å². The quantitative estimate of drug-likeness (QED) is 0.716. The van der Waals surface area contributed by atoms with E-state index in [1.807, 2.05) is 60.1 Å². The van der Waals surface area contributed by atoms with Gasteiger partial charge in [-0.2, -0.15) is 0 Å². The lowest BCUT2D eigenvalue weighted by atomic mass is 9.78. The van der Waals surface area contributed by atoms with Gasteiger partial charge in [-0.25, -0.2) is 4.98 Å². The Morgan fingerprint density at radius 2 is 1.93 bits per heavy atom. The highest BCUT2D eigenvalue weighted by Gasteiger charge is 2.35. The third-order valence-corrected chi connectivity index (χ3v) is 5.52. The van der Waals surface area contributed by atoms with Crippen LogP contribution >= 0.6 is 0 Å². The molecule has 1 amide bonds. The Hall–Kier alpha value is -3.15. The number of hydrogen-bond donors (Lipinski definition) is 2. The summed E-state index contributed by atoms with van der Waals surface area (Å²) in [5.41, 5.74) is 4.38. The number of amides is 1. The lowest BCUT2D eigenvalue weighted by Gasteiger charge is -2.27. The summed E-state index contributed by atoms with van der Waals surface area (Å²) in [6.45, 7) is 2.02. The van der Waals surface area contributed by atoms with Gasteiger partial charge in [0, 0.05) is 23.6 Å². The fraction of sp³-hybridized carbons (Fsp3) is 0.318. The standard InChI is InChI=1S/C22H23N3O3/c1-14-6-5-11-25-13-19(24-20(14)25)15-7-4-8-16(12-15)23-21(26)17-9-2-3-10-18(17)22(27)28/h4-8,11-13,17-18H,2-3,9-10H2,1H3,(H,23,26)(H,27,28)/t17-,18+/m1/s1. The molecule has 2 atom stereocenters. The van der Waals surface area contributed by atoms with E-state index in [-0.39, 0.29) is 5.91 Å². The third-order valence-electron chi connectivity index (χ3n) is 5.52. The van der Waals surface area contributed by atoms with Gasteiger partial charge >= 0.3 is 5.97 Å². The molecule has 0 radical (unpaired) electrons. The Bertz CT molecular complexity index is 1040. The number of fused-ring (bicyclic) bond motifs is 1. The summed E-state index contributed by atoms with van der Waals surface area (Å²) < 4.78 is 1.98. The fourth-order valence-corrected chi connectivity index (χ4v) is 4.02. The van der Waals surface area contributed by atoms with Gasteiger partial charge in [-0.15, -0.1) is 0 Å². The first-order valence-corrected chi connectivity index (χ1v) is 9.61. The van der Waals surface area contributed by atoms with Crippen molar-refractivity contribution in [2.24, 2.45) is 11.8 Å². The van der Waals surface area contributed by atoms with Gasteiger partial charge in [-0.1, -0.05) is 31.0 Å². The molecule has 2 heterocycles. The van der Waals surface area contributed by atoms with Gasteiger partial charge < -0.3 is 14.8 Å². The molecule has 144 valence electrons. The summed E-state index contributed by atoms with van der Waals surface area (Å²) in [7, 11) is 0.